The molecule has 166 valence electrons. The number of benzene rings is 3. The average Bonchev–Trinajstić information content (AvgIpc) is 2.82. The highest BCUT2D eigenvalue weighted by atomic mass is 16.3. The van der Waals surface area contributed by atoms with Crippen LogP contribution in [0.2, 0.25) is 0 Å². The van der Waals surface area contributed by atoms with E-state index in [4.69, 9.17) is 0 Å². The first-order chi connectivity index (χ1) is 15.4. The quantitative estimate of drug-likeness (QED) is 0.362. The molecule has 0 aromatic heterocycles. The Kier molecular flexibility index (Phi) is 7.82. The minimum absolute atomic E-state index is 0.224. The predicted molar refractivity (Wildman–Crippen MR) is 135 cm³/mol. The van der Waals surface area contributed by atoms with Gasteiger partial charge in [0.05, 0.1) is 11.4 Å². The summed E-state index contributed by atoms with van der Waals surface area (Å²) >= 11 is 0. The van der Waals surface area contributed by atoms with Gasteiger partial charge in [0.15, 0.2) is 0 Å². The van der Waals surface area contributed by atoms with Crippen molar-refractivity contribution >= 4 is 23.8 Å². The first kappa shape index (κ1) is 23.3. The van der Waals surface area contributed by atoms with E-state index in [1.165, 1.54) is 11.1 Å². The van der Waals surface area contributed by atoms with Crippen LogP contribution < -0.4 is 0 Å². The SMILES string of the molecule is CCC(C)c1ccc(O)c(C=Nc2ccc(N=Cc3cc(C(C)CC)ccc3O)cc2)c1. The summed E-state index contributed by atoms with van der Waals surface area (Å²) in [6.45, 7) is 8.65. The Labute approximate surface area is 191 Å². The molecule has 0 saturated carbocycles. The zero-order valence-electron chi connectivity index (χ0n) is 19.3. The molecule has 0 bridgehead atoms. The van der Waals surface area contributed by atoms with Crippen LogP contribution in [0, 0.1) is 0 Å². The number of hydrogen-bond acceptors (Lipinski definition) is 4. The molecule has 0 heterocycles. The topological polar surface area (TPSA) is 65.2 Å². The number of phenolic OH excluding ortho intramolecular Hbond substituents is 2. The van der Waals surface area contributed by atoms with Gasteiger partial charge in [-0.2, -0.15) is 0 Å². The zero-order valence-corrected chi connectivity index (χ0v) is 19.3. The Hall–Kier alpha value is -3.40. The largest absolute Gasteiger partial charge is 0.507 e. The second kappa shape index (κ2) is 10.8. The minimum atomic E-state index is 0.224. The summed E-state index contributed by atoms with van der Waals surface area (Å²) in [4.78, 5) is 9.00. The van der Waals surface area contributed by atoms with Crippen LogP contribution in [0.5, 0.6) is 11.5 Å². The van der Waals surface area contributed by atoms with Gasteiger partial charge in [0.1, 0.15) is 11.5 Å². The van der Waals surface area contributed by atoms with E-state index in [0.29, 0.717) is 23.0 Å². The first-order valence-corrected chi connectivity index (χ1v) is 11.2. The molecule has 32 heavy (non-hydrogen) atoms. The molecule has 0 saturated heterocycles. The van der Waals surface area contributed by atoms with E-state index in [9.17, 15) is 10.2 Å². The average molecular weight is 429 g/mol. The van der Waals surface area contributed by atoms with Crippen molar-refractivity contribution in [3.63, 3.8) is 0 Å². The molecule has 0 aliphatic heterocycles. The van der Waals surface area contributed by atoms with Crippen LogP contribution in [-0.4, -0.2) is 22.6 Å². The summed E-state index contributed by atoms with van der Waals surface area (Å²) in [6.07, 6.45) is 5.47. The maximum atomic E-state index is 10.2. The summed E-state index contributed by atoms with van der Waals surface area (Å²) in [5.41, 5.74) is 5.36. The molecule has 2 unspecified atom stereocenters. The van der Waals surface area contributed by atoms with Crippen LogP contribution in [0.25, 0.3) is 0 Å². The number of nitrogens with zero attached hydrogens (tertiary/aromatic N) is 2. The van der Waals surface area contributed by atoms with Crippen LogP contribution in [0.15, 0.2) is 70.6 Å². The zero-order chi connectivity index (χ0) is 23.1. The standard InChI is InChI=1S/C28H32N2O2/c1-5-19(3)21-7-13-27(31)23(15-21)17-29-25-9-11-26(12-10-25)30-18-24-16-22(20(4)6-2)8-14-28(24)32/h7-20,31-32H,5-6H2,1-4H3. The van der Waals surface area contributed by atoms with Crippen molar-refractivity contribution in [2.45, 2.75) is 52.4 Å². The number of aliphatic imine (C=N–C) groups is 2. The van der Waals surface area contributed by atoms with Gasteiger partial charge in [-0.05, 0) is 84.3 Å². The molecular formula is C28H32N2O2. The van der Waals surface area contributed by atoms with E-state index < -0.39 is 0 Å². The highest BCUT2D eigenvalue weighted by molar-refractivity contribution is 5.87. The number of rotatable bonds is 8. The van der Waals surface area contributed by atoms with Gasteiger partial charge in [-0.15, -0.1) is 0 Å². The van der Waals surface area contributed by atoms with Crippen molar-refractivity contribution in [3.05, 3.63) is 82.9 Å². The van der Waals surface area contributed by atoms with E-state index in [-0.39, 0.29) is 11.5 Å². The Morgan fingerprint density at radius 2 is 1.03 bits per heavy atom. The van der Waals surface area contributed by atoms with E-state index in [1.54, 1.807) is 24.6 Å². The molecule has 3 aromatic carbocycles. The van der Waals surface area contributed by atoms with E-state index in [0.717, 1.165) is 24.2 Å². The summed E-state index contributed by atoms with van der Waals surface area (Å²) in [5, 5.41) is 20.3. The lowest BCUT2D eigenvalue weighted by Crippen LogP contribution is -1.93. The Morgan fingerprint density at radius 1 is 0.656 bits per heavy atom. The number of hydrogen-bond donors (Lipinski definition) is 2. The summed E-state index contributed by atoms with van der Waals surface area (Å²) in [7, 11) is 0. The molecule has 3 rings (SSSR count). The molecule has 0 aliphatic carbocycles. The van der Waals surface area contributed by atoms with Crippen molar-refractivity contribution in [3.8, 4) is 11.5 Å². The lowest BCUT2D eigenvalue weighted by atomic mass is 9.97. The molecule has 0 spiro atoms. The van der Waals surface area contributed by atoms with Crippen LogP contribution in [0.4, 0.5) is 11.4 Å². The smallest absolute Gasteiger partial charge is 0.124 e. The Morgan fingerprint density at radius 3 is 1.38 bits per heavy atom. The minimum Gasteiger partial charge on any atom is -0.507 e. The van der Waals surface area contributed by atoms with Crippen LogP contribution in [0.3, 0.4) is 0 Å². The summed E-state index contributed by atoms with van der Waals surface area (Å²) in [5.74, 6) is 1.32. The van der Waals surface area contributed by atoms with Gasteiger partial charge in [-0.1, -0.05) is 39.8 Å². The maximum Gasteiger partial charge on any atom is 0.124 e. The maximum absolute atomic E-state index is 10.2. The second-order valence-electron chi connectivity index (χ2n) is 8.29. The van der Waals surface area contributed by atoms with Crippen LogP contribution in [-0.2, 0) is 0 Å². The molecule has 0 fully saturated rings. The van der Waals surface area contributed by atoms with E-state index >= 15 is 0 Å². The van der Waals surface area contributed by atoms with Crippen molar-refractivity contribution in [1.29, 1.82) is 0 Å². The monoisotopic (exact) mass is 428 g/mol. The third-order valence-electron chi connectivity index (χ3n) is 6.02. The Bertz CT molecular complexity index is 1010. The molecule has 0 radical (unpaired) electrons. The lowest BCUT2D eigenvalue weighted by molar-refractivity contribution is 0.473. The van der Waals surface area contributed by atoms with Crippen LogP contribution >= 0.6 is 0 Å². The summed E-state index contributed by atoms with van der Waals surface area (Å²) < 4.78 is 0. The van der Waals surface area contributed by atoms with Crippen molar-refractivity contribution in [2.24, 2.45) is 9.98 Å². The molecule has 4 heteroatoms. The highest BCUT2D eigenvalue weighted by Crippen LogP contribution is 2.27. The second-order valence-corrected chi connectivity index (χ2v) is 8.29. The van der Waals surface area contributed by atoms with Crippen molar-refractivity contribution < 1.29 is 10.2 Å². The van der Waals surface area contributed by atoms with Gasteiger partial charge in [-0.3, -0.25) is 9.98 Å². The summed E-state index contributed by atoms with van der Waals surface area (Å²) in [6, 6.07) is 18.9. The predicted octanol–water partition coefficient (Wildman–Crippen LogP) is 7.63. The lowest BCUT2D eigenvalue weighted by Gasteiger charge is -2.10. The van der Waals surface area contributed by atoms with Gasteiger partial charge in [-0.25, -0.2) is 0 Å². The fraction of sp³-hybridized carbons (Fsp3) is 0.286. The fourth-order valence-electron chi connectivity index (χ4n) is 3.35. The first-order valence-electron chi connectivity index (χ1n) is 11.2. The molecule has 0 aliphatic rings. The van der Waals surface area contributed by atoms with Gasteiger partial charge in [0.25, 0.3) is 0 Å². The molecule has 4 nitrogen and oxygen atoms in total. The van der Waals surface area contributed by atoms with Gasteiger partial charge in [0, 0.05) is 23.6 Å². The molecule has 3 aromatic rings. The fourth-order valence-corrected chi connectivity index (χ4v) is 3.35. The third kappa shape index (κ3) is 5.85. The van der Waals surface area contributed by atoms with Gasteiger partial charge < -0.3 is 10.2 Å². The number of aromatic hydroxyl groups is 2. The molecular weight excluding hydrogens is 396 g/mol. The van der Waals surface area contributed by atoms with E-state index in [2.05, 4.69) is 37.7 Å². The Balaban J connectivity index is 1.74. The van der Waals surface area contributed by atoms with Crippen molar-refractivity contribution in [2.75, 3.05) is 0 Å². The third-order valence-corrected chi connectivity index (χ3v) is 6.02. The highest BCUT2D eigenvalue weighted by Gasteiger charge is 2.07. The normalized spacial score (nSPS) is 13.6. The molecule has 2 N–H and O–H groups in total. The molecule has 2 atom stereocenters. The molecule has 0 amide bonds. The van der Waals surface area contributed by atoms with Gasteiger partial charge in [0.2, 0.25) is 0 Å². The van der Waals surface area contributed by atoms with Gasteiger partial charge >= 0.3 is 0 Å². The number of phenols is 2. The van der Waals surface area contributed by atoms with Crippen molar-refractivity contribution in [1.82, 2.24) is 0 Å². The van der Waals surface area contributed by atoms with Crippen LogP contribution in [0.1, 0.15) is 74.6 Å². The van der Waals surface area contributed by atoms with E-state index in [1.807, 2.05) is 48.5 Å².